The van der Waals surface area contributed by atoms with Gasteiger partial charge in [-0.1, -0.05) is 331 Å². The van der Waals surface area contributed by atoms with Gasteiger partial charge in [0.25, 0.3) is 0 Å². The summed E-state index contributed by atoms with van der Waals surface area (Å²) in [6.45, 7) is 21.0. The largest absolute Gasteiger partial charge is 0.309 e. The van der Waals surface area contributed by atoms with Gasteiger partial charge in [0.05, 0.1) is 66.2 Å². The molecular formula is C118H102N6. The average Bonchev–Trinajstić information content (AvgIpc) is 1.60. The van der Waals surface area contributed by atoms with Crippen LogP contribution >= 0.6 is 0 Å². The van der Waals surface area contributed by atoms with Gasteiger partial charge in [-0.05, 0) is 209 Å². The number of hydrogen-bond acceptors (Lipinski definition) is 0. The van der Waals surface area contributed by atoms with Crippen molar-refractivity contribution in [1.82, 2.24) is 27.4 Å². The monoisotopic (exact) mass is 1600 g/mol. The van der Waals surface area contributed by atoms with Crippen molar-refractivity contribution < 1.29 is 0 Å². The molecule has 0 amide bonds. The summed E-state index contributed by atoms with van der Waals surface area (Å²) in [6, 6.07) is 155. The Morgan fingerprint density at radius 2 is 0.355 bits per heavy atom. The van der Waals surface area contributed by atoms with Crippen molar-refractivity contribution in [2.45, 2.75) is 69.2 Å². The molecule has 0 radical (unpaired) electrons. The third-order valence-corrected chi connectivity index (χ3v) is 23.3. The zero-order valence-corrected chi connectivity index (χ0v) is 72.3. The van der Waals surface area contributed by atoms with Crippen LogP contribution in [0, 0.1) is 41.5 Å². The molecule has 6 heterocycles. The number of hydrogen-bond donors (Lipinski definition) is 0. The molecule has 18 aromatic carbocycles. The minimum absolute atomic E-state index is 1.21. The van der Waals surface area contributed by atoms with Crippen LogP contribution in [0.25, 0.3) is 165 Å². The van der Waals surface area contributed by atoms with Gasteiger partial charge in [-0.3, -0.25) is 0 Å². The zero-order chi connectivity index (χ0) is 85.2. The molecule has 124 heavy (non-hydrogen) atoms. The van der Waals surface area contributed by atoms with Crippen molar-refractivity contribution in [1.29, 1.82) is 0 Å². The molecule has 0 N–H and O–H groups in total. The molecule has 0 saturated heterocycles. The van der Waals surface area contributed by atoms with Crippen molar-refractivity contribution in [2.75, 3.05) is 0 Å². The molecule has 0 bridgehead atoms. The maximum Gasteiger partial charge on any atom is 0.0570 e. The molecule has 0 spiro atoms. The van der Waals surface area contributed by atoms with Gasteiger partial charge in [0.2, 0.25) is 0 Å². The van der Waals surface area contributed by atoms with E-state index in [0.29, 0.717) is 0 Å². The highest BCUT2D eigenvalue weighted by molar-refractivity contribution is 6.15. The highest BCUT2D eigenvalue weighted by Crippen LogP contribution is 2.40. The standard InChI is InChI=1S/6C19H15N.2C2H6/c2*1-14-8-7-12-17-16-11-5-6-13-18(16)20(19(14)17)15-9-3-2-4-10-15;1-14-8-7-13-18-19(14)16-11-5-6-12-17(16)20(18)15-9-3-2-4-10-15;1-14-11-12-19-17(13-14)16-9-5-6-10-18(16)20(19)15-7-3-2-4-8-15;2*1-14-11-12-17-16-9-5-6-10-18(16)20(19(17)13-14)15-7-3-2-4-8-15;2*1-2/h6*2-13H,1H3;2*1-2H3. The number of rotatable bonds is 6. The summed E-state index contributed by atoms with van der Waals surface area (Å²) in [6.07, 6.45) is 0. The number of para-hydroxylation sites is 14. The van der Waals surface area contributed by atoms with E-state index in [1.54, 1.807) is 0 Å². The van der Waals surface area contributed by atoms with Crippen LogP contribution in [0.1, 0.15) is 61.1 Å². The van der Waals surface area contributed by atoms with Crippen LogP contribution in [0.15, 0.2) is 437 Å². The van der Waals surface area contributed by atoms with E-state index in [2.05, 4.69) is 506 Å². The second-order valence-electron chi connectivity index (χ2n) is 31.1. The minimum atomic E-state index is 1.21. The van der Waals surface area contributed by atoms with Crippen molar-refractivity contribution in [3.63, 3.8) is 0 Å². The lowest BCUT2D eigenvalue weighted by Gasteiger charge is -2.08. The van der Waals surface area contributed by atoms with Gasteiger partial charge < -0.3 is 27.4 Å². The lowest BCUT2D eigenvalue weighted by atomic mass is 10.1. The van der Waals surface area contributed by atoms with Gasteiger partial charge in [-0.15, -0.1) is 0 Å². The summed E-state index contributed by atoms with van der Waals surface area (Å²) in [4.78, 5) is 0. The molecule has 24 rings (SSSR count). The summed E-state index contributed by atoms with van der Waals surface area (Å²) in [5.74, 6) is 0. The van der Waals surface area contributed by atoms with Crippen LogP contribution in [-0.4, -0.2) is 27.4 Å². The van der Waals surface area contributed by atoms with Crippen LogP contribution in [0.4, 0.5) is 0 Å². The van der Waals surface area contributed by atoms with Crippen LogP contribution < -0.4 is 0 Å². The van der Waals surface area contributed by atoms with E-state index >= 15 is 0 Å². The maximum absolute atomic E-state index is 2.36. The van der Waals surface area contributed by atoms with Gasteiger partial charge in [-0.2, -0.15) is 0 Å². The Hall–Kier alpha value is -15.2. The first kappa shape index (κ1) is 81.1. The number of aromatic nitrogens is 6. The summed E-state index contributed by atoms with van der Waals surface area (Å²) < 4.78 is 14.1. The molecule has 24 aromatic rings. The van der Waals surface area contributed by atoms with Crippen molar-refractivity contribution >= 4 is 131 Å². The smallest absolute Gasteiger partial charge is 0.0570 e. The molecule has 0 aliphatic rings. The van der Waals surface area contributed by atoms with E-state index in [0.717, 1.165) is 0 Å². The maximum atomic E-state index is 2.36. The van der Waals surface area contributed by atoms with Crippen LogP contribution in [0.5, 0.6) is 0 Å². The summed E-state index contributed by atoms with van der Waals surface area (Å²) in [5, 5.41) is 15.8. The molecule has 6 nitrogen and oxygen atoms in total. The number of fused-ring (bicyclic) bond motifs is 18. The first-order valence-electron chi connectivity index (χ1n) is 43.4. The molecule has 0 fully saturated rings. The zero-order valence-electron chi connectivity index (χ0n) is 72.3. The van der Waals surface area contributed by atoms with Crippen LogP contribution in [0.3, 0.4) is 0 Å². The van der Waals surface area contributed by atoms with Crippen LogP contribution in [0.2, 0.25) is 0 Å². The Balaban J connectivity index is 0.000000104. The molecule has 6 aromatic heterocycles. The molecule has 6 heteroatoms. The highest BCUT2D eigenvalue weighted by Gasteiger charge is 2.19. The second kappa shape index (κ2) is 36.8. The van der Waals surface area contributed by atoms with Crippen molar-refractivity contribution in [3.05, 3.63) is 470 Å². The lowest BCUT2D eigenvalue weighted by molar-refractivity contribution is 1.17. The SMILES string of the molecule is CC.CC.Cc1ccc2c(c1)c1ccccc1n2-c1ccccc1.Cc1ccc2c3ccccc3n(-c3ccccc3)c2c1.Cc1ccc2c3ccccc3n(-c3ccccc3)c2c1.Cc1cccc2c1c1ccccc1n2-c1ccccc1.Cc1cccc2c3ccccc3n(-c3ccccc3)c12.Cc1cccc2c3ccccc3n(-c3ccccc3)c12. The fourth-order valence-electron chi connectivity index (χ4n) is 17.9. The van der Waals surface area contributed by atoms with Gasteiger partial charge in [-0.25, -0.2) is 0 Å². The van der Waals surface area contributed by atoms with E-state index in [1.165, 1.54) is 198 Å². The van der Waals surface area contributed by atoms with E-state index in [9.17, 15) is 0 Å². The fraction of sp³-hybridized carbons (Fsp3) is 0.0847. The lowest BCUT2D eigenvalue weighted by Crippen LogP contribution is -1.94. The van der Waals surface area contributed by atoms with Gasteiger partial charge >= 0.3 is 0 Å². The van der Waals surface area contributed by atoms with Crippen molar-refractivity contribution in [2.24, 2.45) is 0 Å². The Kier molecular flexibility index (Phi) is 24.1. The third kappa shape index (κ3) is 15.7. The fourth-order valence-corrected chi connectivity index (χ4v) is 17.9. The Labute approximate surface area is 726 Å². The molecule has 0 aliphatic heterocycles. The number of aryl methyl sites for hydroxylation is 6. The Morgan fingerprint density at radius 1 is 0.137 bits per heavy atom. The summed E-state index contributed by atoms with van der Waals surface area (Å²) >= 11 is 0. The number of nitrogens with zero attached hydrogens (tertiary/aromatic N) is 6. The van der Waals surface area contributed by atoms with Gasteiger partial charge in [0, 0.05) is 98.8 Å². The first-order chi connectivity index (χ1) is 61.1. The molecular weight excluding hydrogens is 1500 g/mol. The highest BCUT2D eigenvalue weighted by atomic mass is 15.0. The van der Waals surface area contributed by atoms with E-state index in [1.807, 2.05) is 27.7 Å². The first-order valence-corrected chi connectivity index (χ1v) is 43.4. The quantitative estimate of drug-likeness (QED) is 0.159. The van der Waals surface area contributed by atoms with E-state index < -0.39 is 0 Å². The number of benzene rings is 18. The Morgan fingerprint density at radius 3 is 0.718 bits per heavy atom. The normalized spacial score (nSPS) is 11.0. The summed E-state index contributed by atoms with van der Waals surface area (Å²) in [7, 11) is 0. The van der Waals surface area contributed by atoms with E-state index in [4.69, 9.17) is 0 Å². The van der Waals surface area contributed by atoms with Gasteiger partial charge in [0.15, 0.2) is 0 Å². The molecule has 0 unspecified atom stereocenters. The van der Waals surface area contributed by atoms with Gasteiger partial charge in [0.1, 0.15) is 0 Å². The third-order valence-electron chi connectivity index (χ3n) is 23.3. The molecule has 604 valence electrons. The Bertz CT molecular complexity index is 7410. The molecule has 0 atom stereocenters. The minimum Gasteiger partial charge on any atom is -0.309 e. The van der Waals surface area contributed by atoms with E-state index in [-0.39, 0.29) is 0 Å². The second-order valence-corrected chi connectivity index (χ2v) is 31.1. The molecule has 0 aliphatic carbocycles. The molecule has 0 saturated carbocycles. The topological polar surface area (TPSA) is 29.6 Å². The predicted octanol–water partition coefficient (Wildman–Crippen LogP) is 32.6. The summed E-state index contributed by atoms with van der Waals surface area (Å²) in [5.41, 5.74) is 30.4. The van der Waals surface area contributed by atoms with Crippen LogP contribution in [-0.2, 0) is 0 Å². The average molecular weight is 1600 g/mol. The predicted molar refractivity (Wildman–Crippen MR) is 536 cm³/mol. The van der Waals surface area contributed by atoms with Crippen molar-refractivity contribution in [3.8, 4) is 34.1 Å².